The summed E-state index contributed by atoms with van der Waals surface area (Å²) in [4.78, 5) is 13.9. The molecule has 2 N–H and O–H groups in total. The summed E-state index contributed by atoms with van der Waals surface area (Å²) in [5, 5.41) is 10.7. The fourth-order valence-electron chi connectivity index (χ4n) is 1.43. The third-order valence-corrected chi connectivity index (χ3v) is 2.09. The summed E-state index contributed by atoms with van der Waals surface area (Å²) in [6.45, 7) is 2.34. The van der Waals surface area contributed by atoms with Gasteiger partial charge in [0.25, 0.3) is 0 Å². The molecular formula is C8H13N3O4. The zero-order valence-corrected chi connectivity index (χ0v) is 8.60. The second-order valence-corrected chi connectivity index (χ2v) is 3.02. The van der Waals surface area contributed by atoms with Crippen molar-refractivity contribution >= 4 is 5.71 Å². The molecule has 15 heavy (non-hydrogen) atoms. The summed E-state index contributed by atoms with van der Waals surface area (Å²) < 4.78 is 10.5. The fourth-order valence-corrected chi connectivity index (χ4v) is 1.43. The number of ether oxygens (including phenoxy) is 2. The van der Waals surface area contributed by atoms with Crippen LogP contribution in [0.1, 0.15) is 6.92 Å². The zero-order chi connectivity index (χ0) is 11.5. The smallest absolute Gasteiger partial charge is 0.311 e. The van der Waals surface area contributed by atoms with E-state index in [1.165, 1.54) is 7.05 Å². The van der Waals surface area contributed by atoms with Crippen LogP contribution < -0.4 is 5.73 Å². The van der Waals surface area contributed by atoms with Crippen LogP contribution in [0.2, 0.25) is 0 Å². The van der Waals surface area contributed by atoms with E-state index in [4.69, 9.17) is 15.2 Å². The minimum Gasteiger partial charge on any atom is -0.399 e. The van der Waals surface area contributed by atoms with Gasteiger partial charge in [-0.1, -0.05) is 0 Å². The van der Waals surface area contributed by atoms with Crippen LogP contribution in [0.5, 0.6) is 0 Å². The molecule has 0 aromatic rings. The molecule has 0 aromatic carbocycles. The van der Waals surface area contributed by atoms with Gasteiger partial charge in [-0.2, -0.15) is 0 Å². The van der Waals surface area contributed by atoms with Gasteiger partial charge in [0, 0.05) is 7.05 Å². The van der Waals surface area contributed by atoms with E-state index < -0.39 is 10.7 Å². The molecule has 0 aromatic heterocycles. The van der Waals surface area contributed by atoms with E-state index in [-0.39, 0.29) is 11.4 Å². The molecule has 0 spiro atoms. The number of rotatable bonds is 3. The molecule has 7 heteroatoms. The number of nitro groups is 1. The highest BCUT2D eigenvalue weighted by Crippen LogP contribution is 2.24. The lowest BCUT2D eigenvalue weighted by Crippen LogP contribution is -2.39. The monoisotopic (exact) mass is 215 g/mol. The standard InChI is InChI=1S/C8H13N3O4/c1-8(14-3-4-15-8)7(10-2)6(5-9)11(12)13/h5H,3-4,9H2,1-2H3. The molecule has 1 aliphatic rings. The molecule has 0 atom stereocenters. The lowest BCUT2D eigenvalue weighted by atomic mass is 10.1. The van der Waals surface area contributed by atoms with E-state index >= 15 is 0 Å². The molecule has 0 unspecified atom stereocenters. The first kappa shape index (κ1) is 11.6. The molecule has 1 heterocycles. The van der Waals surface area contributed by atoms with E-state index in [0.717, 1.165) is 6.20 Å². The summed E-state index contributed by atoms with van der Waals surface area (Å²) in [5.74, 6) is -1.17. The summed E-state index contributed by atoms with van der Waals surface area (Å²) in [6, 6.07) is 0. The van der Waals surface area contributed by atoms with Crippen molar-refractivity contribution in [2.75, 3.05) is 20.3 Å². The molecule has 0 amide bonds. The normalized spacial score (nSPS) is 21.7. The largest absolute Gasteiger partial charge is 0.399 e. The molecule has 7 nitrogen and oxygen atoms in total. The molecule has 0 radical (unpaired) electrons. The van der Waals surface area contributed by atoms with Gasteiger partial charge >= 0.3 is 5.70 Å². The van der Waals surface area contributed by atoms with Crippen molar-refractivity contribution in [1.82, 2.24) is 0 Å². The van der Waals surface area contributed by atoms with Gasteiger partial charge in [-0.05, 0) is 6.92 Å². The maximum absolute atomic E-state index is 10.7. The third-order valence-electron chi connectivity index (χ3n) is 2.09. The van der Waals surface area contributed by atoms with Crippen LogP contribution in [0.4, 0.5) is 0 Å². The summed E-state index contributed by atoms with van der Waals surface area (Å²) in [6.07, 6.45) is 0.888. The fraction of sp³-hybridized carbons (Fsp3) is 0.625. The van der Waals surface area contributed by atoms with Crippen LogP contribution in [0.3, 0.4) is 0 Å². The van der Waals surface area contributed by atoms with Gasteiger partial charge in [-0.3, -0.25) is 15.1 Å². The Bertz CT molecular complexity index is 318. The van der Waals surface area contributed by atoms with Crippen molar-refractivity contribution in [2.24, 2.45) is 10.7 Å². The van der Waals surface area contributed by atoms with Crippen LogP contribution in [-0.4, -0.2) is 36.7 Å². The first-order chi connectivity index (χ1) is 7.05. The molecule has 84 valence electrons. The highest BCUT2D eigenvalue weighted by atomic mass is 16.7. The first-order valence-electron chi connectivity index (χ1n) is 4.37. The molecule has 1 rings (SSSR count). The van der Waals surface area contributed by atoms with Gasteiger partial charge in [0.15, 0.2) is 5.71 Å². The topological polar surface area (TPSA) is 100.0 Å². The molecular weight excluding hydrogens is 202 g/mol. The maximum atomic E-state index is 10.7. The molecule has 0 aliphatic carbocycles. The summed E-state index contributed by atoms with van der Waals surface area (Å²) in [7, 11) is 1.43. The Morgan fingerprint density at radius 3 is 2.47 bits per heavy atom. The molecule has 1 fully saturated rings. The average molecular weight is 215 g/mol. The number of aliphatic imine (C=N–C) groups is 1. The van der Waals surface area contributed by atoms with Crippen LogP contribution >= 0.6 is 0 Å². The van der Waals surface area contributed by atoms with Crippen molar-refractivity contribution in [1.29, 1.82) is 0 Å². The number of nitrogens with two attached hydrogens (primary N) is 1. The predicted molar refractivity (Wildman–Crippen MR) is 52.9 cm³/mol. The lowest BCUT2D eigenvalue weighted by molar-refractivity contribution is -0.416. The maximum Gasteiger partial charge on any atom is 0.311 e. The van der Waals surface area contributed by atoms with Crippen molar-refractivity contribution in [3.63, 3.8) is 0 Å². The SMILES string of the molecule is CN=C(C(=CN)[N+](=O)[O-])C1(C)OCCO1. The Morgan fingerprint density at radius 1 is 1.60 bits per heavy atom. The Kier molecular flexibility index (Phi) is 3.38. The molecule has 1 saturated heterocycles. The predicted octanol–water partition coefficient (Wildman–Crippen LogP) is -0.103. The quantitative estimate of drug-likeness (QED) is 0.402. The second-order valence-electron chi connectivity index (χ2n) is 3.02. The zero-order valence-electron chi connectivity index (χ0n) is 8.60. The van der Waals surface area contributed by atoms with Crippen molar-refractivity contribution in [2.45, 2.75) is 12.7 Å². The molecule has 1 aliphatic heterocycles. The summed E-state index contributed by atoms with van der Waals surface area (Å²) in [5.41, 5.74) is 4.97. The van der Waals surface area contributed by atoms with Gasteiger partial charge in [-0.15, -0.1) is 0 Å². The van der Waals surface area contributed by atoms with E-state index in [1.807, 2.05) is 0 Å². The van der Waals surface area contributed by atoms with Gasteiger partial charge in [-0.25, -0.2) is 0 Å². The second kappa shape index (κ2) is 4.37. The van der Waals surface area contributed by atoms with Crippen LogP contribution in [-0.2, 0) is 9.47 Å². The van der Waals surface area contributed by atoms with Crippen LogP contribution in [0.25, 0.3) is 0 Å². The average Bonchev–Trinajstić information content (AvgIpc) is 2.61. The van der Waals surface area contributed by atoms with Gasteiger partial charge in [0.05, 0.1) is 24.3 Å². The van der Waals surface area contributed by atoms with Gasteiger partial charge in [0.1, 0.15) is 0 Å². The van der Waals surface area contributed by atoms with E-state index in [0.29, 0.717) is 13.2 Å². The van der Waals surface area contributed by atoms with E-state index in [2.05, 4.69) is 4.99 Å². The third kappa shape index (κ3) is 2.13. The van der Waals surface area contributed by atoms with Gasteiger partial charge in [0.2, 0.25) is 5.79 Å². The van der Waals surface area contributed by atoms with E-state index in [1.54, 1.807) is 6.92 Å². The number of hydrogen-bond acceptors (Lipinski definition) is 6. The highest BCUT2D eigenvalue weighted by Gasteiger charge is 2.42. The Labute approximate surface area is 86.7 Å². The number of hydrogen-bond donors (Lipinski definition) is 1. The minimum atomic E-state index is -1.17. The van der Waals surface area contributed by atoms with Crippen LogP contribution in [0.15, 0.2) is 16.9 Å². The molecule has 0 bridgehead atoms. The summed E-state index contributed by atoms with van der Waals surface area (Å²) >= 11 is 0. The van der Waals surface area contributed by atoms with Crippen LogP contribution in [0, 0.1) is 10.1 Å². The first-order valence-corrected chi connectivity index (χ1v) is 4.37. The minimum absolute atomic E-state index is 0.0903. The highest BCUT2D eigenvalue weighted by molar-refractivity contribution is 6.03. The van der Waals surface area contributed by atoms with Crippen molar-refractivity contribution < 1.29 is 14.4 Å². The van der Waals surface area contributed by atoms with Gasteiger partial charge < -0.3 is 15.2 Å². The lowest BCUT2D eigenvalue weighted by Gasteiger charge is -2.21. The Morgan fingerprint density at radius 2 is 2.13 bits per heavy atom. The number of nitrogens with zero attached hydrogens (tertiary/aromatic N) is 2. The van der Waals surface area contributed by atoms with Crippen molar-refractivity contribution in [3.8, 4) is 0 Å². The van der Waals surface area contributed by atoms with Crippen molar-refractivity contribution in [3.05, 3.63) is 22.0 Å². The Balaban J connectivity index is 3.03. The Hall–Kier alpha value is -1.47. The molecule has 0 saturated carbocycles. The van der Waals surface area contributed by atoms with E-state index in [9.17, 15) is 10.1 Å².